The molecule has 0 aliphatic carbocycles. The minimum absolute atomic E-state index is 0.164. The molecule has 268 valence electrons. The van der Waals surface area contributed by atoms with Crippen molar-refractivity contribution in [3.05, 3.63) is 77.9 Å². The molecule has 3 atom stereocenters. The Morgan fingerprint density at radius 1 is 0.796 bits per heavy atom. The molecule has 11 heteroatoms. The summed E-state index contributed by atoms with van der Waals surface area (Å²) in [6, 6.07) is 14.6. The molecular weight excluding hydrogens is 630 g/mol. The number of allylic oxidation sites excluding steroid dienone is 1. The van der Waals surface area contributed by atoms with Crippen molar-refractivity contribution < 1.29 is 49.1 Å². The fourth-order valence-corrected chi connectivity index (χ4v) is 5.39. The van der Waals surface area contributed by atoms with Crippen LogP contribution in [0.2, 0.25) is 0 Å². The third-order valence-electron chi connectivity index (χ3n) is 8.28. The number of amides is 1. The van der Waals surface area contributed by atoms with E-state index in [0.29, 0.717) is 43.6 Å². The average Bonchev–Trinajstić information content (AvgIpc) is 3.06. The van der Waals surface area contributed by atoms with Gasteiger partial charge in [0.15, 0.2) is 5.60 Å². The molecule has 0 bridgehead atoms. The zero-order valence-electron chi connectivity index (χ0n) is 28.4. The number of Topliss-reactive ketones (excluding diaryl/α,β-unsaturated/α-hetero) is 1. The maximum absolute atomic E-state index is 13.4. The molecule has 5 N–H and O–H groups in total. The van der Waals surface area contributed by atoms with Crippen molar-refractivity contribution in [1.29, 1.82) is 0 Å². The van der Waals surface area contributed by atoms with Crippen LogP contribution in [0.25, 0.3) is 0 Å². The molecule has 0 spiro atoms. The van der Waals surface area contributed by atoms with E-state index in [2.05, 4.69) is 12.2 Å². The molecule has 11 nitrogen and oxygen atoms in total. The highest BCUT2D eigenvalue weighted by Gasteiger charge is 2.49. The first kappa shape index (κ1) is 40.7. The number of unbranched alkanes of at least 4 members (excludes halogenated alkanes) is 8. The van der Waals surface area contributed by atoms with Crippen LogP contribution in [0.15, 0.2) is 66.7 Å². The van der Waals surface area contributed by atoms with Crippen molar-refractivity contribution in [2.24, 2.45) is 5.92 Å². The fourth-order valence-electron chi connectivity index (χ4n) is 5.39. The summed E-state index contributed by atoms with van der Waals surface area (Å²) in [4.78, 5) is 61.1. The van der Waals surface area contributed by atoms with E-state index >= 15 is 0 Å². The molecular formula is C38H51NO10. The number of carboxylic acids is 3. The largest absolute Gasteiger partial charge is 0.489 e. The van der Waals surface area contributed by atoms with Crippen molar-refractivity contribution in [2.45, 2.75) is 115 Å². The van der Waals surface area contributed by atoms with Gasteiger partial charge in [-0.05, 0) is 48.9 Å². The zero-order valence-corrected chi connectivity index (χ0v) is 28.4. The summed E-state index contributed by atoms with van der Waals surface area (Å²) in [6.45, 7) is 2.49. The van der Waals surface area contributed by atoms with Gasteiger partial charge >= 0.3 is 17.9 Å². The van der Waals surface area contributed by atoms with Crippen LogP contribution in [0, 0.1) is 5.92 Å². The van der Waals surface area contributed by atoms with Gasteiger partial charge in [-0.25, -0.2) is 9.59 Å². The Bertz CT molecular complexity index is 1360. The number of hydrogen-bond acceptors (Lipinski definition) is 7. The number of ketones is 1. The predicted octanol–water partition coefficient (Wildman–Crippen LogP) is 6.11. The van der Waals surface area contributed by atoms with Crippen molar-refractivity contribution in [1.82, 2.24) is 5.32 Å². The smallest absolute Gasteiger partial charge is 0.337 e. The van der Waals surface area contributed by atoms with Gasteiger partial charge in [-0.2, -0.15) is 0 Å². The summed E-state index contributed by atoms with van der Waals surface area (Å²) in [5, 5.41) is 42.2. The first-order valence-corrected chi connectivity index (χ1v) is 17.1. The Morgan fingerprint density at radius 2 is 1.41 bits per heavy atom. The lowest BCUT2D eigenvalue weighted by molar-refractivity contribution is -0.172. The van der Waals surface area contributed by atoms with Gasteiger partial charge < -0.3 is 30.5 Å². The van der Waals surface area contributed by atoms with Crippen LogP contribution in [0.3, 0.4) is 0 Å². The second-order valence-corrected chi connectivity index (χ2v) is 12.4. The van der Waals surface area contributed by atoms with Crippen LogP contribution in [0.1, 0.15) is 102 Å². The molecule has 0 radical (unpaired) electrons. The highest BCUT2D eigenvalue weighted by atomic mass is 16.5. The van der Waals surface area contributed by atoms with Gasteiger partial charge in [0.1, 0.15) is 24.2 Å². The Kier molecular flexibility index (Phi) is 18.4. The van der Waals surface area contributed by atoms with E-state index in [0.717, 1.165) is 56.6 Å². The molecule has 49 heavy (non-hydrogen) atoms. The molecule has 2 rings (SSSR count). The van der Waals surface area contributed by atoms with Gasteiger partial charge in [0.2, 0.25) is 5.91 Å². The topological polar surface area (TPSA) is 188 Å². The summed E-state index contributed by atoms with van der Waals surface area (Å²) < 4.78 is 5.75. The van der Waals surface area contributed by atoms with Crippen molar-refractivity contribution in [3.63, 3.8) is 0 Å². The summed E-state index contributed by atoms with van der Waals surface area (Å²) in [5.74, 6) is -7.16. The quantitative estimate of drug-likeness (QED) is 0.0573. The van der Waals surface area contributed by atoms with Crippen LogP contribution in [0.5, 0.6) is 5.75 Å². The summed E-state index contributed by atoms with van der Waals surface area (Å²) in [7, 11) is 0. The summed E-state index contributed by atoms with van der Waals surface area (Å²) in [6.07, 6.45) is 11.2. The molecule has 0 aromatic heterocycles. The number of carboxylic acid groups (broad SMARTS) is 3. The second kappa shape index (κ2) is 22.2. The van der Waals surface area contributed by atoms with Crippen LogP contribution in [-0.4, -0.2) is 61.7 Å². The van der Waals surface area contributed by atoms with Gasteiger partial charge in [-0.1, -0.05) is 100 Å². The van der Waals surface area contributed by atoms with Crippen LogP contribution in [0.4, 0.5) is 0 Å². The molecule has 0 saturated carbocycles. The first-order chi connectivity index (χ1) is 23.5. The van der Waals surface area contributed by atoms with Gasteiger partial charge in [-0.3, -0.25) is 14.4 Å². The molecule has 0 unspecified atom stereocenters. The lowest BCUT2D eigenvalue weighted by Gasteiger charge is -2.29. The average molecular weight is 682 g/mol. The first-order valence-electron chi connectivity index (χ1n) is 17.1. The maximum Gasteiger partial charge on any atom is 0.337 e. The van der Waals surface area contributed by atoms with Crippen molar-refractivity contribution >= 4 is 29.6 Å². The molecule has 0 aliphatic heterocycles. The number of benzene rings is 2. The maximum atomic E-state index is 13.4. The highest BCUT2D eigenvalue weighted by Crippen LogP contribution is 2.26. The Morgan fingerprint density at radius 3 is 1.98 bits per heavy atom. The fraction of sp³-hybridized carbons (Fsp3) is 0.500. The van der Waals surface area contributed by atoms with Crippen LogP contribution >= 0.6 is 0 Å². The molecule has 2 aromatic rings. The number of nitrogens with one attached hydrogen (secondary N) is 1. The van der Waals surface area contributed by atoms with E-state index < -0.39 is 47.8 Å². The summed E-state index contributed by atoms with van der Waals surface area (Å²) in [5.41, 5.74) is -1.51. The highest BCUT2D eigenvalue weighted by molar-refractivity contribution is 5.94. The normalized spacial score (nSPS) is 13.7. The second-order valence-electron chi connectivity index (χ2n) is 12.4. The van der Waals surface area contributed by atoms with Crippen LogP contribution < -0.4 is 10.1 Å². The monoisotopic (exact) mass is 681 g/mol. The van der Waals surface area contributed by atoms with E-state index in [1.807, 2.05) is 30.3 Å². The third-order valence-corrected chi connectivity index (χ3v) is 8.28. The Balaban J connectivity index is 1.98. The van der Waals surface area contributed by atoms with E-state index in [-0.39, 0.29) is 12.2 Å². The number of aliphatic carboxylic acids is 3. The lowest BCUT2D eigenvalue weighted by atomic mass is 9.82. The number of ether oxygens (including phenoxy) is 1. The minimum atomic E-state index is -3.02. The number of carbonyl (C=O) groups is 5. The van der Waals surface area contributed by atoms with E-state index in [4.69, 9.17) is 4.74 Å². The number of hydrogen-bond donors (Lipinski definition) is 5. The van der Waals surface area contributed by atoms with Crippen LogP contribution in [-0.2, 0) is 37.0 Å². The van der Waals surface area contributed by atoms with Gasteiger partial charge in [0.25, 0.3) is 0 Å². The molecule has 0 saturated heterocycles. The van der Waals surface area contributed by atoms with Gasteiger partial charge in [-0.15, -0.1) is 0 Å². The third kappa shape index (κ3) is 15.5. The number of aliphatic hydroxyl groups is 1. The minimum Gasteiger partial charge on any atom is -0.489 e. The molecule has 0 aliphatic rings. The summed E-state index contributed by atoms with van der Waals surface area (Å²) >= 11 is 0. The van der Waals surface area contributed by atoms with Gasteiger partial charge in [0, 0.05) is 19.3 Å². The standard InChI is InChI=1S/C38H51NO10/c1-2-3-4-7-13-18-30(40)19-14-8-5-6-9-15-20-32(38(48,37(46)47)26-34(41)42)35(43)39-33(36(44)45)25-28-21-23-31(24-22-28)49-27-29-16-11-10-12-17-29/h10-12,15-17,20-24,32-33,48H,2-9,13-14,18-19,25-27H2,1H3,(H,39,43)(H,41,42)(H,44,45)(H,46,47)/b20-15+/t32-,33+,38+/m1/s1. The van der Waals surface area contributed by atoms with Crippen molar-refractivity contribution in [2.75, 3.05) is 0 Å². The van der Waals surface area contributed by atoms with E-state index in [1.54, 1.807) is 24.3 Å². The predicted molar refractivity (Wildman–Crippen MR) is 184 cm³/mol. The van der Waals surface area contributed by atoms with Gasteiger partial charge in [0.05, 0.1) is 12.3 Å². The molecule has 0 fully saturated rings. The molecule has 1 amide bonds. The zero-order chi connectivity index (χ0) is 36.1. The SMILES string of the molecule is CCCCCCCC(=O)CCCCCC/C=C/[C@H](C(=O)N[C@@H](Cc1ccc(OCc2ccccc2)cc1)C(=O)O)[C@@](O)(CC(=O)O)C(=O)O. The Labute approximate surface area is 288 Å². The number of carbonyl (C=O) groups excluding carboxylic acids is 2. The van der Waals surface area contributed by atoms with E-state index in [1.165, 1.54) is 12.5 Å². The lowest BCUT2D eigenvalue weighted by Crippen LogP contribution is -2.55. The van der Waals surface area contributed by atoms with E-state index in [9.17, 15) is 44.4 Å². The number of rotatable bonds is 26. The molecule has 0 heterocycles. The van der Waals surface area contributed by atoms with Crippen molar-refractivity contribution in [3.8, 4) is 5.75 Å². The molecule has 2 aromatic carbocycles. The Hall–Kier alpha value is -4.51.